The van der Waals surface area contributed by atoms with Crippen molar-refractivity contribution in [1.29, 1.82) is 0 Å². The molecule has 0 bridgehead atoms. The fourth-order valence-corrected chi connectivity index (χ4v) is 3.24. The molecule has 0 aliphatic heterocycles. The predicted octanol–water partition coefficient (Wildman–Crippen LogP) is 4.05. The number of carbonyl (C=O) groups excluding carboxylic acids is 1. The number of rotatable bonds is 5. The largest absolute Gasteiger partial charge is 0.367 e. The van der Waals surface area contributed by atoms with Crippen molar-refractivity contribution in [3.8, 4) is 11.4 Å². The van der Waals surface area contributed by atoms with Gasteiger partial charge in [0.15, 0.2) is 11.6 Å². The molecule has 7 nitrogen and oxygen atoms in total. The number of hydrogen-bond donors (Lipinski definition) is 2. The third-order valence-corrected chi connectivity index (χ3v) is 4.57. The molecule has 0 saturated heterocycles. The molecule has 0 radical (unpaired) electrons. The first-order valence-electron chi connectivity index (χ1n) is 9.13. The van der Waals surface area contributed by atoms with Crippen molar-refractivity contribution in [3.05, 3.63) is 53.9 Å². The standard InChI is InChI=1S/C20H21N5O2/c1-13-11-18(25-27-13)24-20(26)16-12-17(21-15-9-5-6-10-15)23-19(22-16)14-7-3-2-4-8-14/h2-4,7-8,11-12,15H,5-6,9-10H2,1H3,(H,21,22,23)(H,24,25,26). The van der Waals surface area contributed by atoms with Crippen LogP contribution in [0, 0.1) is 6.92 Å². The molecule has 7 heteroatoms. The number of aromatic nitrogens is 3. The van der Waals surface area contributed by atoms with Crippen LogP contribution in [-0.4, -0.2) is 27.1 Å². The number of carbonyl (C=O) groups is 1. The number of benzene rings is 1. The van der Waals surface area contributed by atoms with Gasteiger partial charge in [0, 0.05) is 23.7 Å². The first-order chi connectivity index (χ1) is 13.2. The Morgan fingerprint density at radius 1 is 1.07 bits per heavy atom. The van der Waals surface area contributed by atoms with Crippen molar-refractivity contribution in [2.75, 3.05) is 10.6 Å². The maximum absolute atomic E-state index is 12.7. The van der Waals surface area contributed by atoms with E-state index in [9.17, 15) is 4.79 Å². The summed E-state index contributed by atoms with van der Waals surface area (Å²) >= 11 is 0. The van der Waals surface area contributed by atoms with E-state index < -0.39 is 0 Å². The van der Waals surface area contributed by atoms with Crippen molar-refractivity contribution in [2.24, 2.45) is 0 Å². The third kappa shape index (κ3) is 4.13. The Balaban J connectivity index is 1.65. The summed E-state index contributed by atoms with van der Waals surface area (Å²) in [5.41, 5.74) is 1.14. The lowest BCUT2D eigenvalue weighted by atomic mass is 10.2. The Morgan fingerprint density at radius 2 is 1.85 bits per heavy atom. The van der Waals surface area contributed by atoms with Crippen molar-refractivity contribution in [1.82, 2.24) is 15.1 Å². The molecule has 27 heavy (non-hydrogen) atoms. The van der Waals surface area contributed by atoms with E-state index in [0.29, 0.717) is 29.3 Å². The van der Waals surface area contributed by atoms with Crippen molar-refractivity contribution >= 4 is 17.5 Å². The molecule has 4 rings (SSSR count). The minimum atomic E-state index is -0.350. The summed E-state index contributed by atoms with van der Waals surface area (Å²) in [7, 11) is 0. The molecule has 138 valence electrons. The Morgan fingerprint density at radius 3 is 2.56 bits per heavy atom. The highest BCUT2D eigenvalue weighted by molar-refractivity contribution is 6.03. The van der Waals surface area contributed by atoms with Gasteiger partial charge in [0.25, 0.3) is 5.91 Å². The average Bonchev–Trinajstić information content (AvgIpc) is 3.34. The molecule has 1 saturated carbocycles. The van der Waals surface area contributed by atoms with Crippen molar-refractivity contribution in [3.63, 3.8) is 0 Å². The highest BCUT2D eigenvalue weighted by Gasteiger charge is 2.18. The van der Waals surface area contributed by atoms with Gasteiger partial charge in [0.05, 0.1) is 0 Å². The number of hydrogen-bond acceptors (Lipinski definition) is 6. The van der Waals surface area contributed by atoms with Gasteiger partial charge in [0.1, 0.15) is 17.3 Å². The van der Waals surface area contributed by atoms with Crippen LogP contribution >= 0.6 is 0 Å². The van der Waals surface area contributed by atoms with Gasteiger partial charge in [-0.05, 0) is 19.8 Å². The maximum Gasteiger partial charge on any atom is 0.275 e. The quantitative estimate of drug-likeness (QED) is 0.710. The van der Waals surface area contributed by atoms with Crippen LogP contribution in [0.4, 0.5) is 11.6 Å². The van der Waals surface area contributed by atoms with Gasteiger partial charge in [-0.2, -0.15) is 0 Å². The van der Waals surface area contributed by atoms with E-state index >= 15 is 0 Å². The zero-order valence-corrected chi connectivity index (χ0v) is 15.1. The predicted molar refractivity (Wildman–Crippen MR) is 103 cm³/mol. The zero-order chi connectivity index (χ0) is 18.6. The summed E-state index contributed by atoms with van der Waals surface area (Å²) in [5.74, 6) is 1.82. The van der Waals surface area contributed by atoms with Gasteiger partial charge in [-0.25, -0.2) is 9.97 Å². The second-order valence-electron chi connectivity index (χ2n) is 6.73. The summed E-state index contributed by atoms with van der Waals surface area (Å²) in [5, 5.41) is 9.97. The van der Waals surface area contributed by atoms with Gasteiger partial charge in [-0.15, -0.1) is 0 Å². The molecule has 1 aliphatic carbocycles. The summed E-state index contributed by atoms with van der Waals surface area (Å²) in [4.78, 5) is 21.8. The fourth-order valence-electron chi connectivity index (χ4n) is 3.24. The molecule has 0 atom stereocenters. The van der Waals surface area contributed by atoms with Gasteiger partial charge in [0.2, 0.25) is 0 Å². The third-order valence-electron chi connectivity index (χ3n) is 4.57. The Kier molecular flexibility index (Phi) is 4.82. The molecule has 2 aromatic heterocycles. The molecule has 0 unspecified atom stereocenters. The monoisotopic (exact) mass is 363 g/mol. The zero-order valence-electron chi connectivity index (χ0n) is 15.1. The number of nitrogens with one attached hydrogen (secondary N) is 2. The molecule has 1 aromatic carbocycles. The van der Waals surface area contributed by atoms with E-state index in [1.54, 1.807) is 19.1 Å². The van der Waals surface area contributed by atoms with Crippen LogP contribution in [0.1, 0.15) is 41.9 Å². The fraction of sp³-hybridized carbons (Fsp3) is 0.300. The van der Waals surface area contributed by atoms with E-state index in [1.807, 2.05) is 30.3 Å². The molecule has 1 fully saturated rings. The van der Waals surface area contributed by atoms with Crippen LogP contribution in [0.25, 0.3) is 11.4 Å². The highest BCUT2D eigenvalue weighted by atomic mass is 16.5. The second-order valence-corrected chi connectivity index (χ2v) is 6.73. The molecule has 1 amide bonds. The average molecular weight is 363 g/mol. The number of amides is 1. The Bertz CT molecular complexity index is 933. The number of aryl methyl sites for hydroxylation is 1. The number of nitrogens with zero attached hydrogens (tertiary/aromatic N) is 3. The van der Waals surface area contributed by atoms with Crippen molar-refractivity contribution in [2.45, 2.75) is 38.6 Å². The minimum Gasteiger partial charge on any atom is -0.367 e. The van der Waals surface area contributed by atoms with Gasteiger partial charge < -0.3 is 15.2 Å². The topological polar surface area (TPSA) is 92.9 Å². The number of anilines is 2. The second kappa shape index (κ2) is 7.57. The first-order valence-corrected chi connectivity index (χ1v) is 9.13. The molecular weight excluding hydrogens is 342 g/mol. The summed E-state index contributed by atoms with van der Waals surface area (Å²) in [6, 6.07) is 13.4. The molecular formula is C20H21N5O2. The lowest BCUT2D eigenvalue weighted by Crippen LogP contribution is -2.19. The van der Waals surface area contributed by atoms with Crippen LogP contribution in [0.15, 0.2) is 47.0 Å². The maximum atomic E-state index is 12.7. The molecule has 3 aromatic rings. The first kappa shape index (κ1) is 17.2. The Labute approximate surface area is 157 Å². The van der Waals surface area contributed by atoms with Crippen LogP contribution in [0.3, 0.4) is 0 Å². The smallest absolute Gasteiger partial charge is 0.275 e. The summed E-state index contributed by atoms with van der Waals surface area (Å²) < 4.78 is 5.00. The van der Waals surface area contributed by atoms with E-state index in [0.717, 1.165) is 18.4 Å². The van der Waals surface area contributed by atoms with E-state index in [1.165, 1.54) is 12.8 Å². The molecule has 0 spiro atoms. The van der Waals surface area contributed by atoms with Gasteiger partial charge in [-0.3, -0.25) is 4.79 Å². The molecule has 1 aliphatic rings. The highest BCUT2D eigenvalue weighted by Crippen LogP contribution is 2.24. The SMILES string of the molecule is Cc1cc(NC(=O)c2cc(NC3CCCC3)nc(-c3ccccc3)n2)no1. The van der Waals surface area contributed by atoms with Crippen LogP contribution in [-0.2, 0) is 0 Å². The molecule has 2 N–H and O–H groups in total. The van der Waals surface area contributed by atoms with Crippen LogP contribution in [0.5, 0.6) is 0 Å². The summed E-state index contributed by atoms with van der Waals surface area (Å²) in [6.07, 6.45) is 4.66. The Hall–Kier alpha value is -3.22. The van der Waals surface area contributed by atoms with Crippen LogP contribution in [0.2, 0.25) is 0 Å². The van der Waals surface area contributed by atoms with Crippen molar-refractivity contribution < 1.29 is 9.32 Å². The van der Waals surface area contributed by atoms with E-state index in [2.05, 4.69) is 25.8 Å². The van der Waals surface area contributed by atoms with Gasteiger partial charge in [-0.1, -0.05) is 48.3 Å². The van der Waals surface area contributed by atoms with E-state index in [-0.39, 0.29) is 11.6 Å². The van der Waals surface area contributed by atoms with Crippen LogP contribution < -0.4 is 10.6 Å². The van der Waals surface area contributed by atoms with Gasteiger partial charge >= 0.3 is 0 Å². The lowest BCUT2D eigenvalue weighted by molar-refractivity contribution is 0.102. The normalized spacial score (nSPS) is 14.3. The van der Waals surface area contributed by atoms with E-state index in [4.69, 9.17) is 4.52 Å². The summed E-state index contributed by atoms with van der Waals surface area (Å²) in [6.45, 7) is 1.77. The minimum absolute atomic E-state index is 0.282. The molecule has 2 heterocycles. The lowest BCUT2D eigenvalue weighted by Gasteiger charge is -2.14.